The molecule has 0 aliphatic carbocycles. The lowest BCUT2D eigenvalue weighted by Crippen LogP contribution is -2.14. The van der Waals surface area contributed by atoms with Crippen molar-refractivity contribution in [1.82, 2.24) is 0 Å². The Morgan fingerprint density at radius 1 is 0.765 bits per heavy atom. The minimum Gasteiger partial charge on any atom is -0.489 e. The summed E-state index contributed by atoms with van der Waals surface area (Å²) in [5, 5.41) is 2.95. The number of anilines is 2. The Hall–Kier alpha value is -4.25. The lowest BCUT2D eigenvalue weighted by Gasteiger charge is -2.15. The number of amides is 1. The highest BCUT2D eigenvalue weighted by Gasteiger charge is 2.15. The van der Waals surface area contributed by atoms with E-state index in [0.717, 1.165) is 22.3 Å². The fraction of sp³-hybridized carbons (Fsp3) is 0.138. The van der Waals surface area contributed by atoms with Crippen molar-refractivity contribution >= 4 is 17.3 Å². The number of hydrogen-bond donors (Lipinski definition) is 2. The first-order chi connectivity index (χ1) is 16.5. The van der Waals surface area contributed by atoms with E-state index in [2.05, 4.69) is 11.4 Å². The second-order valence-electron chi connectivity index (χ2n) is 8.29. The molecule has 0 atom stereocenters. The van der Waals surface area contributed by atoms with Crippen molar-refractivity contribution in [2.45, 2.75) is 27.1 Å². The highest BCUT2D eigenvalue weighted by Crippen LogP contribution is 2.27. The number of aryl methyl sites for hydroxylation is 2. The molecule has 5 nitrogen and oxygen atoms in total. The third-order valence-corrected chi connectivity index (χ3v) is 5.34. The van der Waals surface area contributed by atoms with Gasteiger partial charge in [-0.3, -0.25) is 4.79 Å². The predicted octanol–water partition coefficient (Wildman–Crippen LogP) is 6.30. The van der Waals surface area contributed by atoms with Gasteiger partial charge < -0.3 is 20.5 Å². The van der Waals surface area contributed by atoms with Gasteiger partial charge in [-0.15, -0.1) is 0 Å². The summed E-state index contributed by atoms with van der Waals surface area (Å²) < 4.78 is 12.0. The molecule has 0 fully saturated rings. The summed E-state index contributed by atoms with van der Waals surface area (Å²) in [5.41, 5.74) is 11.9. The van der Waals surface area contributed by atoms with Crippen LogP contribution in [0.2, 0.25) is 0 Å². The molecule has 0 aliphatic heterocycles. The van der Waals surface area contributed by atoms with Crippen molar-refractivity contribution in [3.05, 3.63) is 119 Å². The van der Waals surface area contributed by atoms with Crippen molar-refractivity contribution in [3.8, 4) is 11.5 Å². The van der Waals surface area contributed by atoms with Crippen LogP contribution in [0.15, 0.2) is 91.0 Å². The lowest BCUT2D eigenvalue weighted by atomic mass is 10.1. The van der Waals surface area contributed by atoms with Gasteiger partial charge in [0, 0.05) is 11.4 Å². The molecule has 0 aromatic heterocycles. The molecule has 1 amide bonds. The van der Waals surface area contributed by atoms with E-state index in [1.807, 2.05) is 80.6 Å². The summed E-state index contributed by atoms with van der Waals surface area (Å²) in [4.78, 5) is 13.2. The molecular formula is C29H28N2O3. The molecule has 3 N–H and O–H groups in total. The summed E-state index contributed by atoms with van der Waals surface area (Å²) in [6, 6.07) is 28.6. The molecule has 0 heterocycles. The number of nitrogen functional groups attached to an aromatic ring is 1. The zero-order valence-electron chi connectivity index (χ0n) is 19.4. The average Bonchev–Trinajstić information content (AvgIpc) is 2.83. The molecule has 0 saturated heterocycles. The van der Waals surface area contributed by atoms with Gasteiger partial charge in [0.2, 0.25) is 0 Å². The molecular weight excluding hydrogens is 424 g/mol. The van der Waals surface area contributed by atoms with E-state index in [1.54, 1.807) is 18.2 Å². The van der Waals surface area contributed by atoms with Crippen LogP contribution < -0.4 is 20.5 Å². The Bertz CT molecular complexity index is 1280. The minimum atomic E-state index is -0.266. The molecule has 4 aromatic rings. The molecule has 34 heavy (non-hydrogen) atoms. The first kappa shape index (κ1) is 22.9. The Labute approximate surface area is 200 Å². The number of carbonyl (C=O) groups is 1. The smallest absolute Gasteiger partial charge is 0.259 e. The van der Waals surface area contributed by atoms with Gasteiger partial charge in [0.25, 0.3) is 5.91 Å². The number of carbonyl (C=O) groups excluding carboxylic acids is 1. The van der Waals surface area contributed by atoms with Gasteiger partial charge in [-0.1, -0.05) is 59.7 Å². The quantitative estimate of drug-likeness (QED) is 0.308. The Morgan fingerprint density at radius 2 is 1.47 bits per heavy atom. The Kier molecular flexibility index (Phi) is 7.13. The zero-order chi connectivity index (χ0) is 23.9. The molecule has 4 aromatic carbocycles. The van der Waals surface area contributed by atoms with Gasteiger partial charge in [0.1, 0.15) is 24.7 Å². The van der Waals surface area contributed by atoms with Crippen molar-refractivity contribution < 1.29 is 14.3 Å². The van der Waals surface area contributed by atoms with E-state index in [9.17, 15) is 4.79 Å². The normalized spacial score (nSPS) is 10.5. The molecule has 0 unspecified atom stereocenters. The maximum atomic E-state index is 13.2. The van der Waals surface area contributed by atoms with Crippen LogP contribution in [0.25, 0.3) is 0 Å². The lowest BCUT2D eigenvalue weighted by molar-refractivity contribution is 0.102. The maximum absolute atomic E-state index is 13.2. The Morgan fingerprint density at radius 3 is 2.21 bits per heavy atom. The number of ether oxygens (including phenoxy) is 2. The number of nitrogens with one attached hydrogen (secondary N) is 1. The molecule has 0 spiro atoms. The topological polar surface area (TPSA) is 73.6 Å². The highest BCUT2D eigenvalue weighted by molar-refractivity contribution is 6.06. The van der Waals surface area contributed by atoms with Crippen LogP contribution in [0.3, 0.4) is 0 Å². The fourth-order valence-corrected chi connectivity index (χ4v) is 3.55. The third kappa shape index (κ3) is 6.17. The number of rotatable bonds is 8. The zero-order valence-corrected chi connectivity index (χ0v) is 19.4. The van der Waals surface area contributed by atoms with Gasteiger partial charge in [-0.2, -0.15) is 0 Å². The predicted molar refractivity (Wildman–Crippen MR) is 136 cm³/mol. The molecule has 0 aliphatic rings. The standard InChI is InChI=1S/C29H28N2O3/c1-20-9-11-25(12-10-20)31-29(32)27-17-26(33-18-23-7-4-8-24(30)16-23)13-14-28(27)34-19-22-6-3-5-21(2)15-22/h3-17H,18-19,30H2,1-2H3,(H,31,32). The van der Waals surface area contributed by atoms with Crippen LogP contribution in [-0.2, 0) is 13.2 Å². The number of nitrogens with two attached hydrogens (primary N) is 1. The minimum absolute atomic E-state index is 0.266. The van der Waals surface area contributed by atoms with Crippen LogP contribution in [0.5, 0.6) is 11.5 Å². The van der Waals surface area contributed by atoms with Crippen molar-refractivity contribution in [3.63, 3.8) is 0 Å². The molecule has 0 bridgehead atoms. The summed E-state index contributed by atoms with van der Waals surface area (Å²) in [5.74, 6) is 0.791. The summed E-state index contributed by atoms with van der Waals surface area (Å²) in [6.07, 6.45) is 0. The molecule has 0 radical (unpaired) electrons. The van der Waals surface area contributed by atoms with Crippen LogP contribution in [0.1, 0.15) is 32.6 Å². The van der Waals surface area contributed by atoms with E-state index in [-0.39, 0.29) is 5.91 Å². The van der Waals surface area contributed by atoms with E-state index < -0.39 is 0 Å². The van der Waals surface area contributed by atoms with Gasteiger partial charge >= 0.3 is 0 Å². The monoisotopic (exact) mass is 452 g/mol. The summed E-state index contributed by atoms with van der Waals surface area (Å²) in [6.45, 7) is 4.74. The number of hydrogen-bond acceptors (Lipinski definition) is 4. The molecule has 4 rings (SSSR count). The van der Waals surface area contributed by atoms with Gasteiger partial charge in [0.05, 0.1) is 5.56 Å². The average molecular weight is 453 g/mol. The summed E-state index contributed by atoms with van der Waals surface area (Å²) >= 11 is 0. The summed E-state index contributed by atoms with van der Waals surface area (Å²) in [7, 11) is 0. The van der Waals surface area contributed by atoms with Crippen LogP contribution >= 0.6 is 0 Å². The molecule has 172 valence electrons. The second kappa shape index (κ2) is 10.6. The van der Waals surface area contributed by atoms with Crippen LogP contribution in [0.4, 0.5) is 11.4 Å². The van der Waals surface area contributed by atoms with Gasteiger partial charge in [0.15, 0.2) is 0 Å². The third-order valence-electron chi connectivity index (χ3n) is 5.34. The SMILES string of the molecule is Cc1ccc(NC(=O)c2cc(OCc3cccc(N)c3)ccc2OCc2cccc(C)c2)cc1. The molecule has 0 saturated carbocycles. The van der Waals surface area contributed by atoms with E-state index in [4.69, 9.17) is 15.2 Å². The fourth-order valence-electron chi connectivity index (χ4n) is 3.55. The second-order valence-corrected chi connectivity index (χ2v) is 8.29. The van der Waals surface area contributed by atoms with Crippen molar-refractivity contribution in [1.29, 1.82) is 0 Å². The molecule has 5 heteroatoms. The first-order valence-corrected chi connectivity index (χ1v) is 11.1. The van der Waals surface area contributed by atoms with Crippen molar-refractivity contribution in [2.24, 2.45) is 0 Å². The van der Waals surface area contributed by atoms with Crippen LogP contribution in [0, 0.1) is 13.8 Å². The van der Waals surface area contributed by atoms with E-state index >= 15 is 0 Å². The van der Waals surface area contributed by atoms with Crippen molar-refractivity contribution in [2.75, 3.05) is 11.1 Å². The van der Waals surface area contributed by atoms with Gasteiger partial charge in [-0.05, 0) is 67.4 Å². The Balaban J connectivity index is 1.55. The first-order valence-electron chi connectivity index (χ1n) is 11.1. The van der Waals surface area contributed by atoms with Gasteiger partial charge in [-0.25, -0.2) is 0 Å². The van der Waals surface area contributed by atoms with E-state index in [1.165, 1.54) is 0 Å². The van der Waals surface area contributed by atoms with E-state index in [0.29, 0.717) is 41.7 Å². The van der Waals surface area contributed by atoms with Crippen LogP contribution in [-0.4, -0.2) is 5.91 Å². The maximum Gasteiger partial charge on any atom is 0.259 e. The largest absolute Gasteiger partial charge is 0.489 e. The number of benzene rings is 4. The highest BCUT2D eigenvalue weighted by atomic mass is 16.5.